The first-order valence-electron chi connectivity index (χ1n) is 14.8. The zero-order chi connectivity index (χ0) is 22.7. The Hall–Kier alpha value is -0.530. The van der Waals surface area contributed by atoms with Crippen LogP contribution in [0.1, 0.15) is 155 Å². The van der Waals surface area contributed by atoms with Gasteiger partial charge < -0.3 is 4.74 Å². The van der Waals surface area contributed by atoms with Crippen LogP contribution in [-0.2, 0) is 9.53 Å². The highest BCUT2D eigenvalue weighted by Crippen LogP contribution is 2.61. The van der Waals surface area contributed by atoms with Gasteiger partial charge in [0.25, 0.3) is 0 Å². The van der Waals surface area contributed by atoms with E-state index in [1.165, 1.54) is 122 Å². The first-order chi connectivity index (χ1) is 15.7. The number of rotatable bonds is 12. The molecule has 0 aromatic carbocycles. The SMILES string of the molecule is CCCCCCCC[C@]1(C2(C(=O)OCCC)CCCCC2)CC[C@@H](C2CCCCC2)CC1. The van der Waals surface area contributed by atoms with Crippen molar-refractivity contribution in [3.63, 3.8) is 0 Å². The summed E-state index contributed by atoms with van der Waals surface area (Å²) in [6, 6.07) is 0. The molecule has 0 aliphatic heterocycles. The maximum atomic E-state index is 13.7. The zero-order valence-electron chi connectivity index (χ0n) is 21.7. The number of ether oxygens (including phenoxy) is 1. The fraction of sp³-hybridized carbons (Fsp3) is 0.967. The van der Waals surface area contributed by atoms with Crippen molar-refractivity contribution in [3.8, 4) is 0 Å². The predicted molar refractivity (Wildman–Crippen MR) is 136 cm³/mol. The van der Waals surface area contributed by atoms with E-state index < -0.39 is 0 Å². The molecule has 3 aliphatic carbocycles. The van der Waals surface area contributed by atoms with Crippen molar-refractivity contribution in [3.05, 3.63) is 0 Å². The molecule has 186 valence electrons. The molecular formula is C30H54O2. The van der Waals surface area contributed by atoms with Crippen molar-refractivity contribution in [1.29, 1.82) is 0 Å². The molecule has 2 nitrogen and oxygen atoms in total. The molecule has 0 bridgehead atoms. The fourth-order valence-corrected chi connectivity index (χ4v) is 7.92. The van der Waals surface area contributed by atoms with E-state index in [0.29, 0.717) is 6.61 Å². The highest BCUT2D eigenvalue weighted by atomic mass is 16.5. The Morgan fingerprint density at radius 1 is 0.688 bits per heavy atom. The van der Waals surface area contributed by atoms with Crippen LogP contribution in [0.4, 0.5) is 0 Å². The summed E-state index contributed by atoms with van der Waals surface area (Å²) in [5.41, 5.74) is 0.0372. The van der Waals surface area contributed by atoms with Crippen LogP contribution in [0.2, 0.25) is 0 Å². The van der Waals surface area contributed by atoms with Gasteiger partial charge in [0, 0.05) is 0 Å². The topological polar surface area (TPSA) is 26.3 Å². The molecule has 0 N–H and O–H groups in total. The summed E-state index contributed by atoms with van der Waals surface area (Å²) in [4.78, 5) is 13.7. The van der Waals surface area contributed by atoms with Crippen molar-refractivity contribution in [2.75, 3.05) is 6.61 Å². The van der Waals surface area contributed by atoms with Gasteiger partial charge in [-0.15, -0.1) is 0 Å². The largest absolute Gasteiger partial charge is 0.465 e. The summed E-state index contributed by atoms with van der Waals surface area (Å²) >= 11 is 0. The normalized spacial score (nSPS) is 29.0. The highest BCUT2D eigenvalue weighted by molar-refractivity contribution is 5.78. The lowest BCUT2D eigenvalue weighted by atomic mass is 9.49. The van der Waals surface area contributed by atoms with Gasteiger partial charge in [-0.2, -0.15) is 0 Å². The number of hydrogen-bond acceptors (Lipinski definition) is 2. The van der Waals surface area contributed by atoms with Gasteiger partial charge in [0.1, 0.15) is 0 Å². The number of esters is 1. The Morgan fingerprint density at radius 2 is 1.28 bits per heavy atom. The van der Waals surface area contributed by atoms with E-state index in [1.807, 2.05) is 0 Å². The van der Waals surface area contributed by atoms with Gasteiger partial charge in [0.15, 0.2) is 0 Å². The summed E-state index contributed by atoms with van der Waals surface area (Å²) in [5.74, 6) is 2.10. The lowest BCUT2D eigenvalue weighted by Gasteiger charge is -2.55. The smallest absolute Gasteiger partial charge is 0.312 e. The minimum absolute atomic E-state index is 0.179. The molecule has 0 spiro atoms. The van der Waals surface area contributed by atoms with E-state index in [1.54, 1.807) is 0 Å². The van der Waals surface area contributed by atoms with E-state index in [0.717, 1.165) is 31.1 Å². The van der Waals surface area contributed by atoms with E-state index in [2.05, 4.69) is 13.8 Å². The highest BCUT2D eigenvalue weighted by Gasteiger charge is 2.57. The average Bonchev–Trinajstić information content (AvgIpc) is 2.86. The van der Waals surface area contributed by atoms with Gasteiger partial charge in [0.05, 0.1) is 12.0 Å². The molecule has 0 amide bonds. The van der Waals surface area contributed by atoms with Crippen LogP contribution in [0.3, 0.4) is 0 Å². The number of carbonyl (C=O) groups excluding carboxylic acids is 1. The second kappa shape index (κ2) is 13.4. The third-order valence-corrected chi connectivity index (χ3v) is 9.86. The number of carbonyl (C=O) groups is 1. The Bertz CT molecular complexity index is 519. The molecule has 0 saturated heterocycles. The second-order valence-corrected chi connectivity index (χ2v) is 11.8. The third-order valence-electron chi connectivity index (χ3n) is 9.86. The maximum Gasteiger partial charge on any atom is 0.312 e. The summed E-state index contributed by atoms with van der Waals surface area (Å²) in [6.07, 6.45) is 29.0. The summed E-state index contributed by atoms with van der Waals surface area (Å²) < 4.78 is 5.98. The quantitative estimate of drug-likeness (QED) is 0.220. The Balaban J connectivity index is 1.73. The molecule has 3 saturated carbocycles. The second-order valence-electron chi connectivity index (χ2n) is 11.8. The van der Waals surface area contributed by atoms with E-state index >= 15 is 0 Å². The summed E-state index contributed by atoms with van der Waals surface area (Å²) in [7, 11) is 0. The van der Waals surface area contributed by atoms with Crippen molar-refractivity contribution in [2.24, 2.45) is 22.7 Å². The molecule has 3 fully saturated rings. The first-order valence-corrected chi connectivity index (χ1v) is 14.8. The Morgan fingerprint density at radius 3 is 1.94 bits per heavy atom. The van der Waals surface area contributed by atoms with Crippen LogP contribution in [0.5, 0.6) is 0 Å². The molecule has 0 unspecified atom stereocenters. The van der Waals surface area contributed by atoms with E-state index in [-0.39, 0.29) is 16.8 Å². The molecule has 0 heterocycles. The minimum atomic E-state index is -0.179. The van der Waals surface area contributed by atoms with Crippen molar-refractivity contribution in [2.45, 2.75) is 155 Å². The van der Waals surface area contributed by atoms with Crippen LogP contribution in [-0.4, -0.2) is 12.6 Å². The van der Waals surface area contributed by atoms with Gasteiger partial charge in [-0.05, 0) is 68.6 Å². The molecule has 0 atom stereocenters. The molecule has 0 aromatic heterocycles. The lowest BCUT2D eigenvalue weighted by Crippen LogP contribution is -2.52. The summed E-state index contributed by atoms with van der Waals surface area (Å²) in [5, 5.41) is 0. The van der Waals surface area contributed by atoms with Crippen LogP contribution in [0.25, 0.3) is 0 Å². The average molecular weight is 447 g/mol. The zero-order valence-corrected chi connectivity index (χ0v) is 21.7. The molecular weight excluding hydrogens is 392 g/mol. The number of hydrogen-bond donors (Lipinski definition) is 0. The minimum Gasteiger partial charge on any atom is -0.465 e. The molecule has 0 radical (unpaired) electrons. The van der Waals surface area contributed by atoms with E-state index in [4.69, 9.17) is 4.74 Å². The number of unbranched alkanes of at least 4 members (excludes halogenated alkanes) is 5. The predicted octanol–water partition coefficient (Wildman–Crippen LogP) is 9.40. The molecule has 32 heavy (non-hydrogen) atoms. The van der Waals surface area contributed by atoms with Gasteiger partial charge in [-0.25, -0.2) is 0 Å². The van der Waals surface area contributed by atoms with Crippen LogP contribution < -0.4 is 0 Å². The van der Waals surface area contributed by atoms with E-state index in [9.17, 15) is 4.79 Å². The first kappa shape index (κ1) is 26.1. The Labute approximate surface area is 200 Å². The summed E-state index contributed by atoms with van der Waals surface area (Å²) in [6.45, 7) is 5.04. The molecule has 3 rings (SSSR count). The maximum absolute atomic E-state index is 13.7. The van der Waals surface area contributed by atoms with Crippen molar-refractivity contribution in [1.82, 2.24) is 0 Å². The van der Waals surface area contributed by atoms with Crippen LogP contribution in [0, 0.1) is 22.7 Å². The van der Waals surface area contributed by atoms with Gasteiger partial charge in [-0.1, -0.05) is 104 Å². The van der Waals surface area contributed by atoms with Crippen molar-refractivity contribution < 1.29 is 9.53 Å². The van der Waals surface area contributed by atoms with Gasteiger partial charge in [0.2, 0.25) is 0 Å². The standard InChI is InChI=1S/C30H54O2/c1-3-5-6-7-8-13-20-29(23-18-27(19-24-29)26-16-11-9-12-17-26)30(21-14-10-15-22-30)28(31)32-25-4-2/h26-27H,3-25H2,1-2H3/t27-,29+. The fourth-order valence-electron chi connectivity index (χ4n) is 7.92. The van der Waals surface area contributed by atoms with Crippen LogP contribution >= 0.6 is 0 Å². The monoisotopic (exact) mass is 446 g/mol. The van der Waals surface area contributed by atoms with Gasteiger partial charge in [-0.3, -0.25) is 4.79 Å². The van der Waals surface area contributed by atoms with Crippen LogP contribution in [0.15, 0.2) is 0 Å². The molecule has 2 heteroatoms. The van der Waals surface area contributed by atoms with Crippen molar-refractivity contribution >= 4 is 5.97 Å². The Kier molecular flexibility index (Phi) is 10.9. The van der Waals surface area contributed by atoms with Gasteiger partial charge >= 0.3 is 5.97 Å². The lowest BCUT2D eigenvalue weighted by molar-refractivity contribution is -0.175. The third kappa shape index (κ3) is 6.32. The molecule has 0 aromatic rings. The molecule has 3 aliphatic rings.